The van der Waals surface area contributed by atoms with Crippen LogP contribution in [-0.4, -0.2) is 85.2 Å². The second-order valence-corrected chi connectivity index (χ2v) is 15.3. The lowest BCUT2D eigenvalue weighted by atomic mass is 9.98. The van der Waals surface area contributed by atoms with Crippen LogP contribution in [0.1, 0.15) is 49.5 Å². The summed E-state index contributed by atoms with van der Waals surface area (Å²) in [5.74, 6) is 0.109. The number of ether oxygens (including phenoxy) is 1. The molecule has 1 aliphatic rings. The monoisotopic (exact) mass is 684 g/mol. The van der Waals surface area contributed by atoms with E-state index in [9.17, 15) is 23.1 Å². The first-order valence-electron chi connectivity index (χ1n) is 15.8. The van der Waals surface area contributed by atoms with Crippen molar-refractivity contribution < 1.29 is 27.9 Å². The van der Waals surface area contributed by atoms with Crippen molar-refractivity contribution >= 4 is 33.3 Å². The number of benzene rings is 2. The summed E-state index contributed by atoms with van der Waals surface area (Å²) in [4.78, 5) is 35.1. The number of amides is 3. The Bertz CT molecular complexity index is 1610. The Morgan fingerprint density at radius 1 is 1.11 bits per heavy atom. The third-order valence-corrected chi connectivity index (χ3v) is 10.4. The Morgan fingerprint density at radius 3 is 2.45 bits per heavy atom. The number of aliphatic hydroxyl groups excluding tert-OH is 1. The summed E-state index contributed by atoms with van der Waals surface area (Å²) in [6.07, 6.45) is -0.508. The molecule has 255 valence electrons. The van der Waals surface area contributed by atoms with Gasteiger partial charge in [0.2, 0.25) is 15.9 Å². The molecule has 11 nitrogen and oxygen atoms in total. The zero-order valence-corrected chi connectivity index (χ0v) is 29.3. The zero-order chi connectivity index (χ0) is 34.3. The molecular weight excluding hydrogens is 639 g/mol. The van der Waals surface area contributed by atoms with Gasteiger partial charge in [0.05, 0.1) is 41.4 Å². The highest BCUT2D eigenvalue weighted by Gasteiger charge is 2.40. The quantitative estimate of drug-likeness (QED) is 0.208. The third-order valence-electron chi connectivity index (χ3n) is 8.07. The molecule has 4 rings (SSSR count). The fourth-order valence-corrected chi connectivity index (χ4v) is 7.66. The molecule has 0 saturated carbocycles. The maximum atomic E-state index is 13.9. The summed E-state index contributed by atoms with van der Waals surface area (Å²) in [5.41, 5.74) is 2.22. The second kappa shape index (κ2) is 16.1. The lowest BCUT2D eigenvalue weighted by Crippen LogP contribution is -2.57. The van der Waals surface area contributed by atoms with Crippen molar-refractivity contribution in [2.24, 2.45) is 11.8 Å². The molecule has 3 atom stereocenters. The summed E-state index contributed by atoms with van der Waals surface area (Å²) in [6.45, 7) is 12.4. The van der Waals surface area contributed by atoms with Crippen LogP contribution in [0, 0.1) is 18.8 Å². The van der Waals surface area contributed by atoms with Gasteiger partial charge < -0.3 is 25.0 Å². The van der Waals surface area contributed by atoms with E-state index >= 15 is 0 Å². The molecule has 47 heavy (non-hydrogen) atoms. The number of urea groups is 1. The van der Waals surface area contributed by atoms with Gasteiger partial charge in [0, 0.05) is 31.9 Å². The van der Waals surface area contributed by atoms with E-state index in [1.54, 1.807) is 21.9 Å². The lowest BCUT2D eigenvalue weighted by molar-refractivity contribution is -0.128. The number of nitrogens with zero attached hydrogens (tertiary/aromatic N) is 3. The Kier molecular flexibility index (Phi) is 12.4. The van der Waals surface area contributed by atoms with Crippen LogP contribution in [0.15, 0.2) is 58.8 Å². The third kappa shape index (κ3) is 9.53. The molecular formula is C34H46N5O6S2. The number of carbonyl (C=O) groups is 2. The Labute approximate surface area is 282 Å². The molecule has 0 spiro atoms. The van der Waals surface area contributed by atoms with Crippen LogP contribution in [0.4, 0.5) is 4.79 Å². The molecule has 2 heterocycles. The van der Waals surface area contributed by atoms with Gasteiger partial charge in [-0.05, 0) is 54.0 Å². The van der Waals surface area contributed by atoms with Gasteiger partial charge in [-0.15, -0.1) is 11.3 Å². The van der Waals surface area contributed by atoms with Gasteiger partial charge in [-0.2, -0.15) is 0 Å². The molecule has 0 unspecified atom stereocenters. The standard InChI is InChI=1S/C34H46N5O6S2/c1-22(2)16-26-18-28(45-6)12-13-31(26)47(43,44)35-19-30(40)29(17-25-10-8-7-9-11-25)37-33(41)32(23(3)4)39-15-14-38(34(39)42)20-27-21-46-24(5)36-27/h7-13,18,21-23,29-30,32,35,40H,5,14-17,19-20H2,1-4,6H3,(H,37,41)/t29-,30+,32-/m0/s1. The first-order chi connectivity index (χ1) is 22.3. The van der Waals surface area contributed by atoms with Crippen LogP contribution in [0.25, 0.3) is 0 Å². The van der Waals surface area contributed by atoms with E-state index in [1.807, 2.05) is 63.4 Å². The lowest BCUT2D eigenvalue weighted by Gasteiger charge is -2.33. The van der Waals surface area contributed by atoms with E-state index in [0.29, 0.717) is 42.4 Å². The molecule has 3 amide bonds. The van der Waals surface area contributed by atoms with Crippen molar-refractivity contribution in [2.45, 2.75) is 70.2 Å². The van der Waals surface area contributed by atoms with E-state index < -0.39 is 34.1 Å². The predicted molar refractivity (Wildman–Crippen MR) is 183 cm³/mol. The zero-order valence-electron chi connectivity index (χ0n) is 27.7. The van der Waals surface area contributed by atoms with Gasteiger partial charge in [-0.25, -0.2) is 22.9 Å². The van der Waals surface area contributed by atoms with Gasteiger partial charge in [-0.3, -0.25) is 4.79 Å². The number of methoxy groups -OCH3 is 1. The number of hydrogen-bond donors (Lipinski definition) is 3. The van der Waals surface area contributed by atoms with E-state index in [2.05, 4.69) is 21.9 Å². The van der Waals surface area contributed by atoms with E-state index in [4.69, 9.17) is 4.74 Å². The number of nitrogens with one attached hydrogen (secondary N) is 2. The Hall–Kier alpha value is -3.52. The smallest absolute Gasteiger partial charge is 0.321 e. The number of aliphatic hydroxyl groups is 1. The minimum Gasteiger partial charge on any atom is -0.497 e. The van der Waals surface area contributed by atoms with Crippen molar-refractivity contribution in [2.75, 3.05) is 26.7 Å². The molecule has 0 bridgehead atoms. The number of rotatable bonds is 16. The summed E-state index contributed by atoms with van der Waals surface area (Å²) in [6, 6.07) is 12.2. The fraction of sp³-hybridized carbons (Fsp3) is 0.471. The van der Waals surface area contributed by atoms with E-state index in [-0.39, 0.29) is 35.7 Å². The first kappa shape index (κ1) is 36.3. The molecule has 1 aliphatic heterocycles. The molecule has 0 aliphatic carbocycles. The molecule has 1 radical (unpaired) electrons. The summed E-state index contributed by atoms with van der Waals surface area (Å²) in [7, 11) is -2.49. The van der Waals surface area contributed by atoms with Crippen LogP contribution in [0.2, 0.25) is 0 Å². The maximum absolute atomic E-state index is 13.9. The van der Waals surface area contributed by atoms with E-state index in [0.717, 1.165) is 11.3 Å². The van der Waals surface area contributed by atoms with Crippen molar-refractivity contribution in [1.29, 1.82) is 0 Å². The minimum atomic E-state index is -4.02. The van der Waals surface area contributed by atoms with Crippen molar-refractivity contribution in [1.82, 2.24) is 24.8 Å². The first-order valence-corrected chi connectivity index (χ1v) is 18.2. The largest absolute Gasteiger partial charge is 0.497 e. The topological polar surface area (TPSA) is 141 Å². The second-order valence-electron chi connectivity index (χ2n) is 12.6. The molecule has 1 saturated heterocycles. The number of sulfonamides is 1. The molecule has 2 aromatic carbocycles. The summed E-state index contributed by atoms with van der Waals surface area (Å²) >= 11 is 1.41. The summed E-state index contributed by atoms with van der Waals surface area (Å²) in [5, 5.41) is 16.9. The van der Waals surface area contributed by atoms with Gasteiger partial charge in [0.1, 0.15) is 11.8 Å². The molecule has 1 fully saturated rings. The van der Waals surface area contributed by atoms with Gasteiger partial charge in [0.25, 0.3) is 0 Å². The van der Waals surface area contributed by atoms with Gasteiger partial charge in [-0.1, -0.05) is 58.0 Å². The minimum absolute atomic E-state index is 0.115. The molecule has 3 aromatic rings. The average Bonchev–Trinajstić information content (AvgIpc) is 3.59. The highest BCUT2D eigenvalue weighted by molar-refractivity contribution is 7.89. The number of hydrogen-bond acceptors (Lipinski definition) is 8. The van der Waals surface area contributed by atoms with Gasteiger partial charge in [0.15, 0.2) is 0 Å². The van der Waals surface area contributed by atoms with Crippen LogP contribution in [0.3, 0.4) is 0 Å². The maximum Gasteiger partial charge on any atom is 0.321 e. The Balaban J connectivity index is 1.51. The van der Waals surface area contributed by atoms with Crippen molar-refractivity contribution in [3.63, 3.8) is 0 Å². The normalized spacial score (nSPS) is 15.7. The van der Waals surface area contributed by atoms with Crippen LogP contribution in [-0.2, 0) is 34.2 Å². The SMILES string of the molecule is [CH2]c1nc(CN2CCN([C@H](C(=O)N[C@@H](Cc3ccccc3)[C@H](O)CNS(=O)(=O)c3ccc(OC)cc3CC(C)C)C(C)C)C2=O)cs1. The highest BCUT2D eigenvalue weighted by atomic mass is 32.2. The molecule has 1 aromatic heterocycles. The fourth-order valence-electron chi connectivity index (χ4n) is 5.81. The molecule has 13 heteroatoms. The average molecular weight is 685 g/mol. The highest BCUT2D eigenvalue weighted by Crippen LogP contribution is 2.25. The number of thiazole rings is 1. The van der Waals surface area contributed by atoms with Crippen molar-refractivity contribution in [3.05, 3.63) is 82.7 Å². The molecule has 3 N–H and O–H groups in total. The van der Waals surface area contributed by atoms with E-state index in [1.165, 1.54) is 24.5 Å². The van der Waals surface area contributed by atoms with Crippen LogP contribution in [0.5, 0.6) is 5.75 Å². The van der Waals surface area contributed by atoms with Crippen LogP contribution >= 0.6 is 11.3 Å². The summed E-state index contributed by atoms with van der Waals surface area (Å²) < 4.78 is 34.9. The van der Waals surface area contributed by atoms with Crippen LogP contribution < -0.4 is 14.8 Å². The number of aromatic nitrogens is 1. The predicted octanol–water partition coefficient (Wildman–Crippen LogP) is 3.86. The number of carbonyl (C=O) groups excluding carboxylic acids is 2. The Morgan fingerprint density at radius 2 is 1.83 bits per heavy atom. The van der Waals surface area contributed by atoms with Gasteiger partial charge >= 0.3 is 6.03 Å². The van der Waals surface area contributed by atoms with Crippen molar-refractivity contribution in [3.8, 4) is 5.75 Å².